The van der Waals surface area contributed by atoms with Crippen LogP contribution in [0.4, 0.5) is 0 Å². The number of nitrogens with two attached hydrogens (primary N) is 1. The molecule has 0 aliphatic carbocycles. The number of aromatic amines is 1. The van der Waals surface area contributed by atoms with Crippen molar-refractivity contribution in [3.63, 3.8) is 0 Å². The third-order valence-electron chi connectivity index (χ3n) is 2.65. The van der Waals surface area contributed by atoms with Gasteiger partial charge in [0, 0.05) is 0 Å². The summed E-state index contributed by atoms with van der Waals surface area (Å²) >= 11 is 5.14. The van der Waals surface area contributed by atoms with Crippen LogP contribution in [0.15, 0.2) is 18.2 Å². The van der Waals surface area contributed by atoms with Gasteiger partial charge in [0.1, 0.15) is 6.04 Å². The minimum Gasteiger partial charge on any atom is -0.368 e. The Morgan fingerprint density at radius 1 is 1.65 bits per heavy atom. The number of amides is 1. The summed E-state index contributed by atoms with van der Waals surface area (Å²) in [5.74, 6) is -0.468. The molecule has 0 saturated carbocycles. The monoisotopic (exact) mass is 246 g/mol. The quantitative estimate of drug-likeness (QED) is 0.789. The molecule has 0 bridgehead atoms. The third kappa shape index (κ3) is 1.81. The van der Waals surface area contributed by atoms with Gasteiger partial charge in [0.25, 0.3) is 0 Å². The first-order valence-corrected chi connectivity index (χ1v) is 5.39. The fraction of sp³-hybridized carbons (Fsp3) is 0.182. The molecule has 2 rings (SSSR count). The van der Waals surface area contributed by atoms with Crippen molar-refractivity contribution in [3.8, 4) is 6.07 Å². The van der Waals surface area contributed by atoms with Crippen molar-refractivity contribution in [2.45, 2.75) is 13.0 Å². The Kier molecular flexibility index (Phi) is 2.69. The van der Waals surface area contributed by atoms with Gasteiger partial charge in [-0.1, -0.05) is 0 Å². The average molecular weight is 246 g/mol. The fourth-order valence-corrected chi connectivity index (χ4v) is 2.07. The van der Waals surface area contributed by atoms with Gasteiger partial charge in [0.2, 0.25) is 5.91 Å². The van der Waals surface area contributed by atoms with Crippen LogP contribution in [0.2, 0.25) is 0 Å². The predicted octanol–water partition coefficient (Wildman–Crippen LogP) is 1.62. The summed E-state index contributed by atoms with van der Waals surface area (Å²) in [6.45, 7) is 1.67. The lowest BCUT2D eigenvalue weighted by Gasteiger charge is -2.10. The number of carbonyl (C=O) groups is 1. The Morgan fingerprint density at radius 2 is 2.35 bits per heavy atom. The van der Waals surface area contributed by atoms with Crippen LogP contribution in [-0.4, -0.2) is 15.5 Å². The van der Waals surface area contributed by atoms with E-state index < -0.39 is 11.9 Å². The Balaban J connectivity index is 2.78. The van der Waals surface area contributed by atoms with Gasteiger partial charge in [-0.25, -0.2) is 0 Å². The molecular formula is C11H10N4OS. The van der Waals surface area contributed by atoms with Gasteiger partial charge in [-0.15, -0.1) is 0 Å². The highest BCUT2D eigenvalue weighted by Crippen LogP contribution is 2.20. The number of primary amides is 1. The first-order valence-electron chi connectivity index (χ1n) is 4.98. The number of rotatable bonds is 2. The van der Waals surface area contributed by atoms with Gasteiger partial charge in [0.15, 0.2) is 4.77 Å². The smallest absolute Gasteiger partial charge is 0.240 e. The van der Waals surface area contributed by atoms with E-state index in [1.165, 1.54) is 0 Å². The molecule has 17 heavy (non-hydrogen) atoms. The Morgan fingerprint density at radius 3 is 2.94 bits per heavy atom. The number of aromatic nitrogens is 2. The second-order valence-corrected chi connectivity index (χ2v) is 4.11. The zero-order valence-corrected chi connectivity index (χ0v) is 9.91. The highest BCUT2D eigenvalue weighted by molar-refractivity contribution is 7.71. The number of fused-ring (bicyclic) bond motifs is 1. The Hall–Kier alpha value is -2.13. The molecule has 6 heteroatoms. The summed E-state index contributed by atoms with van der Waals surface area (Å²) in [5.41, 5.74) is 7.27. The zero-order valence-electron chi connectivity index (χ0n) is 9.10. The number of nitriles is 1. The number of hydrogen-bond donors (Lipinski definition) is 2. The van der Waals surface area contributed by atoms with Crippen molar-refractivity contribution < 1.29 is 4.79 Å². The molecular weight excluding hydrogens is 236 g/mol. The molecule has 2 aromatic rings. The van der Waals surface area contributed by atoms with Gasteiger partial charge in [0.05, 0.1) is 22.7 Å². The minimum absolute atomic E-state index is 0.418. The van der Waals surface area contributed by atoms with Crippen molar-refractivity contribution in [3.05, 3.63) is 28.5 Å². The van der Waals surface area contributed by atoms with E-state index in [2.05, 4.69) is 4.98 Å². The molecule has 1 unspecified atom stereocenters. The molecule has 0 aliphatic rings. The van der Waals surface area contributed by atoms with Gasteiger partial charge in [-0.05, 0) is 37.3 Å². The van der Waals surface area contributed by atoms with Gasteiger partial charge in [-0.2, -0.15) is 5.26 Å². The van der Waals surface area contributed by atoms with Crippen LogP contribution in [0.1, 0.15) is 18.5 Å². The SMILES string of the molecule is CC(C(N)=O)n1c(=S)[nH]c2ccc(C#N)cc21. The fourth-order valence-electron chi connectivity index (χ4n) is 1.70. The summed E-state index contributed by atoms with van der Waals surface area (Å²) in [5, 5.41) is 8.86. The molecule has 0 spiro atoms. The van der Waals surface area contributed by atoms with E-state index in [9.17, 15) is 4.79 Å². The molecule has 0 saturated heterocycles. The van der Waals surface area contributed by atoms with E-state index in [1.54, 1.807) is 29.7 Å². The summed E-state index contributed by atoms with van der Waals surface area (Å²) in [4.78, 5) is 14.2. The lowest BCUT2D eigenvalue weighted by atomic mass is 10.2. The number of hydrogen-bond acceptors (Lipinski definition) is 3. The second kappa shape index (κ2) is 4.03. The molecule has 1 aromatic heterocycles. The maximum Gasteiger partial charge on any atom is 0.240 e. The van der Waals surface area contributed by atoms with Crippen molar-refractivity contribution in [1.82, 2.24) is 9.55 Å². The van der Waals surface area contributed by atoms with E-state index in [0.29, 0.717) is 15.9 Å². The predicted molar refractivity (Wildman–Crippen MR) is 65.7 cm³/mol. The lowest BCUT2D eigenvalue weighted by Crippen LogP contribution is -2.23. The van der Waals surface area contributed by atoms with Gasteiger partial charge in [-0.3, -0.25) is 4.79 Å². The average Bonchev–Trinajstić information content (AvgIpc) is 2.62. The van der Waals surface area contributed by atoms with Crippen LogP contribution >= 0.6 is 12.2 Å². The topological polar surface area (TPSA) is 87.6 Å². The van der Waals surface area contributed by atoms with Crippen LogP contribution in [0.3, 0.4) is 0 Å². The molecule has 1 heterocycles. The zero-order chi connectivity index (χ0) is 12.6. The summed E-state index contributed by atoms with van der Waals surface area (Å²) in [6, 6.07) is 6.62. The van der Waals surface area contributed by atoms with Crippen molar-refractivity contribution in [2.75, 3.05) is 0 Å². The van der Waals surface area contributed by atoms with Crippen LogP contribution in [0.25, 0.3) is 11.0 Å². The summed E-state index contributed by atoms with van der Waals surface area (Å²) < 4.78 is 2.04. The van der Waals surface area contributed by atoms with E-state index in [1.807, 2.05) is 6.07 Å². The molecule has 0 fully saturated rings. The van der Waals surface area contributed by atoms with Gasteiger partial charge >= 0.3 is 0 Å². The normalized spacial score (nSPS) is 12.2. The summed E-state index contributed by atoms with van der Waals surface area (Å²) in [7, 11) is 0. The third-order valence-corrected chi connectivity index (χ3v) is 2.94. The standard InChI is InChI=1S/C11H10N4OS/c1-6(10(13)16)15-9-4-7(5-12)2-3-8(9)14-11(15)17/h2-4,6H,1H3,(H2,13,16)(H,14,17). The van der Waals surface area contributed by atoms with Crippen molar-refractivity contribution in [2.24, 2.45) is 5.73 Å². The molecule has 3 N–H and O–H groups in total. The van der Waals surface area contributed by atoms with Crippen molar-refractivity contribution in [1.29, 1.82) is 5.26 Å². The molecule has 1 amide bonds. The number of H-pyrrole nitrogens is 1. The van der Waals surface area contributed by atoms with Crippen molar-refractivity contribution >= 4 is 29.2 Å². The molecule has 1 atom stereocenters. The lowest BCUT2D eigenvalue weighted by molar-refractivity contribution is -0.120. The summed E-state index contributed by atoms with van der Waals surface area (Å²) in [6.07, 6.45) is 0. The number of nitrogens with one attached hydrogen (secondary N) is 1. The van der Waals surface area contributed by atoms with E-state index in [0.717, 1.165) is 5.52 Å². The number of nitrogens with zero attached hydrogens (tertiary/aromatic N) is 2. The van der Waals surface area contributed by atoms with E-state index >= 15 is 0 Å². The maximum atomic E-state index is 11.2. The largest absolute Gasteiger partial charge is 0.368 e. The number of carbonyl (C=O) groups excluding carboxylic acids is 1. The molecule has 0 radical (unpaired) electrons. The Bertz CT molecular complexity index is 692. The highest BCUT2D eigenvalue weighted by Gasteiger charge is 2.15. The first kappa shape index (κ1) is 11.4. The second-order valence-electron chi connectivity index (χ2n) is 3.72. The minimum atomic E-state index is -0.551. The van der Waals surface area contributed by atoms with Crippen LogP contribution in [0, 0.1) is 16.1 Å². The number of benzene rings is 1. The van der Waals surface area contributed by atoms with Gasteiger partial charge < -0.3 is 15.3 Å². The van der Waals surface area contributed by atoms with E-state index in [4.69, 9.17) is 23.2 Å². The molecule has 86 valence electrons. The molecule has 0 aliphatic heterocycles. The van der Waals surface area contributed by atoms with Crippen LogP contribution < -0.4 is 5.73 Å². The molecule has 5 nitrogen and oxygen atoms in total. The first-order chi connectivity index (χ1) is 8.04. The highest BCUT2D eigenvalue weighted by atomic mass is 32.1. The van der Waals surface area contributed by atoms with Crippen LogP contribution in [0.5, 0.6) is 0 Å². The Labute approximate surface area is 102 Å². The van der Waals surface area contributed by atoms with Crippen LogP contribution in [-0.2, 0) is 4.79 Å². The molecule has 1 aromatic carbocycles. The number of imidazole rings is 1. The van der Waals surface area contributed by atoms with E-state index in [-0.39, 0.29) is 0 Å². The maximum absolute atomic E-state index is 11.2.